The Hall–Kier alpha value is -2.63. The molecule has 1 aromatic carbocycles. The summed E-state index contributed by atoms with van der Waals surface area (Å²) < 4.78 is 0. The summed E-state index contributed by atoms with van der Waals surface area (Å²) in [6.45, 7) is 0. The summed E-state index contributed by atoms with van der Waals surface area (Å²) in [5.41, 5.74) is 0.837. The van der Waals surface area contributed by atoms with E-state index in [1.807, 2.05) is 6.08 Å². The minimum Gasteiger partial charge on any atom is -0.481 e. The van der Waals surface area contributed by atoms with Gasteiger partial charge in [0.25, 0.3) is 5.91 Å². The first kappa shape index (κ1) is 19.1. The number of para-hydroxylation sites is 1. The molecule has 2 amide bonds. The fourth-order valence-electron chi connectivity index (χ4n) is 3.90. The zero-order chi connectivity index (χ0) is 19.2. The maximum absolute atomic E-state index is 12.7. The van der Waals surface area contributed by atoms with Crippen LogP contribution in [0.25, 0.3) is 0 Å². The van der Waals surface area contributed by atoms with E-state index in [1.54, 1.807) is 30.3 Å². The van der Waals surface area contributed by atoms with E-state index in [-0.39, 0.29) is 17.9 Å². The number of carboxylic acid groups (broad SMARTS) is 1. The van der Waals surface area contributed by atoms with Crippen molar-refractivity contribution in [1.82, 2.24) is 5.32 Å². The van der Waals surface area contributed by atoms with Gasteiger partial charge in [-0.3, -0.25) is 14.4 Å². The molecule has 2 aliphatic rings. The molecular weight excluding hydrogens is 344 g/mol. The summed E-state index contributed by atoms with van der Waals surface area (Å²) >= 11 is 0. The lowest BCUT2D eigenvalue weighted by atomic mass is 9.82. The molecule has 1 fully saturated rings. The minimum absolute atomic E-state index is 0.176. The lowest BCUT2D eigenvalue weighted by Gasteiger charge is -2.25. The van der Waals surface area contributed by atoms with Gasteiger partial charge in [-0.1, -0.05) is 43.5 Å². The Morgan fingerprint density at radius 2 is 1.59 bits per heavy atom. The van der Waals surface area contributed by atoms with Crippen LogP contribution in [0, 0.1) is 11.8 Å². The molecule has 0 unspecified atom stereocenters. The van der Waals surface area contributed by atoms with Crippen molar-refractivity contribution in [2.45, 2.75) is 51.0 Å². The summed E-state index contributed by atoms with van der Waals surface area (Å²) in [6, 6.07) is 7.05. The molecule has 27 heavy (non-hydrogen) atoms. The molecule has 0 heterocycles. The fourth-order valence-corrected chi connectivity index (χ4v) is 3.90. The topological polar surface area (TPSA) is 95.5 Å². The van der Waals surface area contributed by atoms with Crippen molar-refractivity contribution in [3.05, 3.63) is 42.0 Å². The molecule has 3 N–H and O–H groups in total. The second-order valence-corrected chi connectivity index (χ2v) is 7.34. The maximum Gasteiger partial charge on any atom is 0.307 e. The smallest absolute Gasteiger partial charge is 0.307 e. The van der Waals surface area contributed by atoms with Gasteiger partial charge in [0.2, 0.25) is 5.91 Å². The van der Waals surface area contributed by atoms with Crippen molar-refractivity contribution in [1.29, 1.82) is 0 Å². The lowest BCUT2D eigenvalue weighted by molar-refractivity contribution is -0.146. The molecule has 0 aromatic heterocycles. The highest BCUT2D eigenvalue weighted by Gasteiger charge is 2.34. The van der Waals surface area contributed by atoms with Gasteiger partial charge in [0, 0.05) is 6.04 Å². The molecule has 6 nitrogen and oxygen atoms in total. The third-order valence-electron chi connectivity index (χ3n) is 5.46. The highest BCUT2D eigenvalue weighted by Crippen LogP contribution is 2.28. The molecule has 0 radical (unpaired) electrons. The molecule has 3 rings (SSSR count). The number of allylic oxidation sites excluding steroid dienone is 2. The number of hydrogen-bond donors (Lipinski definition) is 3. The second kappa shape index (κ2) is 8.84. The highest BCUT2D eigenvalue weighted by atomic mass is 16.4. The summed E-state index contributed by atoms with van der Waals surface area (Å²) in [7, 11) is 0. The molecule has 1 aromatic rings. The number of carboxylic acids is 1. The number of nitrogens with one attached hydrogen (secondary N) is 2. The first-order valence-electron chi connectivity index (χ1n) is 9.65. The van der Waals surface area contributed by atoms with E-state index >= 15 is 0 Å². The molecule has 0 bridgehead atoms. The number of hydrogen-bond acceptors (Lipinski definition) is 3. The summed E-state index contributed by atoms with van der Waals surface area (Å²) in [5, 5.41) is 15.2. The highest BCUT2D eigenvalue weighted by molar-refractivity contribution is 6.04. The molecule has 144 valence electrons. The maximum atomic E-state index is 12.7. The van der Waals surface area contributed by atoms with Crippen LogP contribution in [0.5, 0.6) is 0 Å². The molecule has 2 aliphatic carbocycles. The first-order chi connectivity index (χ1) is 13.1. The van der Waals surface area contributed by atoms with Crippen LogP contribution in [-0.4, -0.2) is 28.9 Å². The molecular formula is C21H26N2O4. The van der Waals surface area contributed by atoms with Gasteiger partial charge in [-0.05, 0) is 37.8 Å². The van der Waals surface area contributed by atoms with Crippen LogP contribution in [-0.2, 0) is 9.59 Å². The van der Waals surface area contributed by atoms with E-state index in [2.05, 4.69) is 10.6 Å². The monoisotopic (exact) mass is 370 g/mol. The van der Waals surface area contributed by atoms with Gasteiger partial charge in [-0.25, -0.2) is 0 Å². The van der Waals surface area contributed by atoms with E-state index in [4.69, 9.17) is 0 Å². The quantitative estimate of drug-likeness (QED) is 0.693. The predicted octanol–water partition coefficient (Wildman–Crippen LogP) is 3.35. The second-order valence-electron chi connectivity index (χ2n) is 7.34. The number of rotatable bonds is 5. The number of carbonyl (C=O) groups is 3. The van der Waals surface area contributed by atoms with Crippen LogP contribution in [0.1, 0.15) is 55.3 Å². The zero-order valence-corrected chi connectivity index (χ0v) is 15.3. The average Bonchev–Trinajstić information content (AvgIpc) is 2.69. The van der Waals surface area contributed by atoms with Gasteiger partial charge < -0.3 is 15.7 Å². The Bertz CT molecular complexity index is 737. The number of carbonyl (C=O) groups excluding carboxylic acids is 2. The van der Waals surface area contributed by atoms with Crippen LogP contribution in [0.4, 0.5) is 5.69 Å². The molecule has 0 spiro atoms. The Kier molecular flexibility index (Phi) is 6.27. The number of anilines is 1. The average molecular weight is 370 g/mol. The normalized spacial score (nSPS) is 22.8. The van der Waals surface area contributed by atoms with Crippen LogP contribution in [0.3, 0.4) is 0 Å². The van der Waals surface area contributed by atoms with Crippen LogP contribution in [0.2, 0.25) is 0 Å². The third-order valence-corrected chi connectivity index (χ3v) is 5.46. The van der Waals surface area contributed by atoms with Crippen molar-refractivity contribution in [3.8, 4) is 0 Å². The van der Waals surface area contributed by atoms with Crippen molar-refractivity contribution in [2.24, 2.45) is 11.8 Å². The SMILES string of the molecule is O=C(NC1CCCCC1)c1ccccc1NC(=O)[C@H]1CC=CC[C@H]1C(=O)O. The van der Waals surface area contributed by atoms with Gasteiger partial charge in [0.15, 0.2) is 0 Å². The predicted molar refractivity (Wildman–Crippen MR) is 102 cm³/mol. The zero-order valence-electron chi connectivity index (χ0n) is 15.3. The van der Waals surface area contributed by atoms with E-state index in [0.717, 1.165) is 25.7 Å². The molecule has 0 aliphatic heterocycles. The number of benzene rings is 1. The van der Waals surface area contributed by atoms with E-state index in [9.17, 15) is 19.5 Å². The Morgan fingerprint density at radius 1 is 0.926 bits per heavy atom. The van der Waals surface area contributed by atoms with Gasteiger partial charge >= 0.3 is 5.97 Å². The van der Waals surface area contributed by atoms with Gasteiger partial charge in [0.1, 0.15) is 0 Å². The Balaban J connectivity index is 1.71. The van der Waals surface area contributed by atoms with Crippen molar-refractivity contribution in [2.75, 3.05) is 5.32 Å². The van der Waals surface area contributed by atoms with Crippen LogP contribution >= 0.6 is 0 Å². The number of aliphatic carboxylic acids is 1. The molecule has 2 atom stereocenters. The van der Waals surface area contributed by atoms with Crippen molar-refractivity contribution < 1.29 is 19.5 Å². The van der Waals surface area contributed by atoms with E-state index in [1.165, 1.54) is 6.42 Å². The largest absolute Gasteiger partial charge is 0.481 e. The summed E-state index contributed by atoms with van der Waals surface area (Å²) in [4.78, 5) is 36.8. The Labute approximate surface area is 159 Å². The minimum atomic E-state index is -0.970. The van der Waals surface area contributed by atoms with Gasteiger partial charge in [-0.15, -0.1) is 0 Å². The fraction of sp³-hybridized carbons (Fsp3) is 0.476. The van der Waals surface area contributed by atoms with Gasteiger partial charge in [-0.2, -0.15) is 0 Å². The Morgan fingerprint density at radius 3 is 2.30 bits per heavy atom. The van der Waals surface area contributed by atoms with E-state index in [0.29, 0.717) is 24.1 Å². The standard InChI is InChI=1S/C21H26N2O4/c24-19(15-10-4-5-11-16(15)21(26)27)23-18-13-7-6-12-17(18)20(25)22-14-8-2-1-3-9-14/h4-7,12-16H,1-3,8-11H2,(H,22,25)(H,23,24)(H,26,27)/t15-,16+/m0/s1. The van der Waals surface area contributed by atoms with Crippen molar-refractivity contribution >= 4 is 23.5 Å². The summed E-state index contributed by atoms with van der Waals surface area (Å²) in [6.07, 6.45) is 9.78. The van der Waals surface area contributed by atoms with Gasteiger partial charge in [0.05, 0.1) is 23.1 Å². The molecule has 6 heteroatoms. The molecule has 0 saturated heterocycles. The first-order valence-corrected chi connectivity index (χ1v) is 9.65. The van der Waals surface area contributed by atoms with Crippen LogP contribution < -0.4 is 10.6 Å². The lowest BCUT2D eigenvalue weighted by Crippen LogP contribution is -2.37. The molecule has 1 saturated carbocycles. The number of amides is 2. The van der Waals surface area contributed by atoms with Crippen molar-refractivity contribution in [3.63, 3.8) is 0 Å². The summed E-state index contributed by atoms with van der Waals surface area (Å²) in [5.74, 6) is -2.90. The van der Waals surface area contributed by atoms with E-state index < -0.39 is 17.8 Å². The third kappa shape index (κ3) is 4.76. The van der Waals surface area contributed by atoms with Crippen LogP contribution in [0.15, 0.2) is 36.4 Å².